The number of likely N-dealkylation sites (N-methyl/N-ethyl adjacent to an activating group) is 1. The van der Waals surface area contributed by atoms with Crippen molar-refractivity contribution in [3.63, 3.8) is 0 Å². The van der Waals surface area contributed by atoms with E-state index in [1.807, 2.05) is 14.0 Å². The molecule has 0 bridgehead atoms. The van der Waals surface area contributed by atoms with E-state index >= 15 is 0 Å². The molecule has 0 amide bonds. The number of rotatable bonds is 5. The van der Waals surface area contributed by atoms with Gasteiger partial charge in [0.25, 0.3) is 0 Å². The Morgan fingerprint density at radius 2 is 2.08 bits per heavy atom. The summed E-state index contributed by atoms with van der Waals surface area (Å²) >= 11 is 0. The topological polar surface area (TPSA) is 53.1 Å². The maximum absolute atomic E-state index is 8.86. The van der Waals surface area contributed by atoms with Gasteiger partial charge in [-0.15, -0.1) is 0 Å². The van der Waals surface area contributed by atoms with Crippen molar-refractivity contribution in [2.45, 2.75) is 32.2 Å². The van der Waals surface area contributed by atoms with Crippen molar-refractivity contribution < 1.29 is 0 Å². The third kappa shape index (κ3) is 3.70. The summed E-state index contributed by atoms with van der Waals surface area (Å²) in [5, 5.41) is 8.86. The van der Waals surface area contributed by atoms with E-state index in [4.69, 9.17) is 11.0 Å². The van der Waals surface area contributed by atoms with Crippen molar-refractivity contribution in [3.05, 3.63) is 0 Å². The highest BCUT2D eigenvalue weighted by Gasteiger charge is 2.24. The first-order valence-corrected chi connectivity index (χ1v) is 4.46. The fraction of sp³-hybridized carbons (Fsp3) is 0.889. The molecule has 0 fully saturated rings. The molecule has 0 aromatic carbocycles. The second-order valence-electron chi connectivity index (χ2n) is 3.35. The zero-order valence-electron chi connectivity index (χ0n) is 8.30. The first-order valence-electron chi connectivity index (χ1n) is 4.46. The van der Waals surface area contributed by atoms with Crippen LogP contribution >= 0.6 is 0 Å². The summed E-state index contributed by atoms with van der Waals surface area (Å²) in [6.07, 6.45) is 1.73. The molecule has 70 valence electrons. The number of hydrogen-bond donors (Lipinski definition) is 1. The minimum atomic E-state index is -0.653. The van der Waals surface area contributed by atoms with Crippen LogP contribution in [0.15, 0.2) is 0 Å². The average Bonchev–Trinajstić information content (AvgIpc) is 2.05. The normalized spacial score (nSPS) is 15.7. The molecule has 0 spiro atoms. The second kappa shape index (κ2) is 5.13. The van der Waals surface area contributed by atoms with Crippen LogP contribution in [0.2, 0.25) is 0 Å². The van der Waals surface area contributed by atoms with Gasteiger partial charge in [0.1, 0.15) is 5.54 Å². The molecule has 12 heavy (non-hydrogen) atoms. The minimum absolute atomic E-state index is 0.653. The first kappa shape index (κ1) is 11.4. The summed E-state index contributed by atoms with van der Waals surface area (Å²) in [7, 11) is 1.98. The molecule has 1 atom stereocenters. The van der Waals surface area contributed by atoms with Crippen molar-refractivity contribution in [1.29, 1.82) is 5.26 Å². The van der Waals surface area contributed by atoms with Gasteiger partial charge in [-0.1, -0.05) is 20.3 Å². The van der Waals surface area contributed by atoms with Gasteiger partial charge in [-0.05, 0) is 20.0 Å². The Balaban J connectivity index is 4.06. The van der Waals surface area contributed by atoms with Crippen LogP contribution in [-0.2, 0) is 0 Å². The monoisotopic (exact) mass is 169 g/mol. The van der Waals surface area contributed by atoms with Gasteiger partial charge in [-0.25, -0.2) is 0 Å². The predicted molar refractivity (Wildman–Crippen MR) is 50.6 cm³/mol. The molecule has 0 aromatic heterocycles. The zero-order chi connectivity index (χ0) is 9.61. The predicted octanol–water partition coefficient (Wildman–Crippen LogP) is 0.959. The Hall–Kier alpha value is -0.590. The third-order valence-corrected chi connectivity index (χ3v) is 2.01. The van der Waals surface area contributed by atoms with Crippen LogP contribution in [0.25, 0.3) is 0 Å². The summed E-state index contributed by atoms with van der Waals surface area (Å²) < 4.78 is 0. The summed E-state index contributed by atoms with van der Waals surface area (Å²) in [6.45, 7) is 5.70. The van der Waals surface area contributed by atoms with Crippen molar-refractivity contribution >= 4 is 0 Å². The van der Waals surface area contributed by atoms with Gasteiger partial charge in [0.2, 0.25) is 0 Å². The highest BCUT2D eigenvalue weighted by molar-refractivity contribution is 5.05. The van der Waals surface area contributed by atoms with Crippen LogP contribution < -0.4 is 5.73 Å². The molecule has 0 radical (unpaired) electrons. The fourth-order valence-corrected chi connectivity index (χ4v) is 1.21. The summed E-state index contributed by atoms with van der Waals surface area (Å²) in [5.74, 6) is 0. The Morgan fingerprint density at radius 1 is 1.50 bits per heavy atom. The lowest BCUT2D eigenvalue weighted by Crippen LogP contribution is -2.47. The molecule has 0 aromatic rings. The molecular weight excluding hydrogens is 150 g/mol. The van der Waals surface area contributed by atoms with Gasteiger partial charge in [0.15, 0.2) is 0 Å². The number of nitrogens with zero attached hydrogens (tertiary/aromatic N) is 2. The van der Waals surface area contributed by atoms with Gasteiger partial charge in [0.05, 0.1) is 6.07 Å². The van der Waals surface area contributed by atoms with Crippen LogP contribution in [0, 0.1) is 11.3 Å². The van der Waals surface area contributed by atoms with Crippen LogP contribution in [0.5, 0.6) is 0 Å². The standard InChI is InChI=1S/C9H19N3/c1-4-6-9(11,7-10)8-12(3)5-2/h4-6,8,11H2,1-3H3. The molecule has 0 saturated carbocycles. The van der Waals surface area contributed by atoms with E-state index in [0.717, 1.165) is 19.4 Å². The molecule has 0 aliphatic rings. The molecule has 3 nitrogen and oxygen atoms in total. The molecule has 3 heteroatoms. The molecule has 0 aliphatic carbocycles. The van der Waals surface area contributed by atoms with E-state index < -0.39 is 5.54 Å². The SMILES string of the molecule is CCCC(N)(C#N)CN(C)CC. The van der Waals surface area contributed by atoms with E-state index in [9.17, 15) is 0 Å². The highest BCUT2D eigenvalue weighted by Crippen LogP contribution is 2.09. The van der Waals surface area contributed by atoms with Crippen molar-refractivity contribution in [2.24, 2.45) is 5.73 Å². The second-order valence-corrected chi connectivity index (χ2v) is 3.35. The first-order chi connectivity index (χ1) is 5.58. The lowest BCUT2D eigenvalue weighted by molar-refractivity contribution is 0.282. The Bertz CT molecular complexity index is 162. The van der Waals surface area contributed by atoms with Gasteiger partial charge < -0.3 is 10.6 Å². The minimum Gasteiger partial charge on any atom is -0.312 e. The number of nitriles is 1. The number of hydrogen-bond acceptors (Lipinski definition) is 3. The van der Waals surface area contributed by atoms with E-state index in [0.29, 0.717) is 6.54 Å². The maximum atomic E-state index is 8.86. The van der Waals surface area contributed by atoms with E-state index in [-0.39, 0.29) is 0 Å². The van der Waals surface area contributed by atoms with E-state index in [2.05, 4.69) is 17.9 Å². The number of nitrogens with two attached hydrogens (primary N) is 1. The maximum Gasteiger partial charge on any atom is 0.117 e. The van der Waals surface area contributed by atoms with Crippen molar-refractivity contribution in [1.82, 2.24) is 4.90 Å². The Morgan fingerprint density at radius 3 is 2.42 bits per heavy atom. The van der Waals surface area contributed by atoms with Gasteiger partial charge >= 0.3 is 0 Å². The lowest BCUT2D eigenvalue weighted by Gasteiger charge is -2.26. The van der Waals surface area contributed by atoms with Crippen molar-refractivity contribution in [2.75, 3.05) is 20.1 Å². The molecule has 1 unspecified atom stereocenters. The Labute approximate surface area is 75.2 Å². The van der Waals surface area contributed by atoms with E-state index in [1.54, 1.807) is 0 Å². The largest absolute Gasteiger partial charge is 0.312 e. The summed E-state index contributed by atoms with van der Waals surface area (Å²) in [6, 6.07) is 2.18. The molecule has 0 rings (SSSR count). The molecule has 2 N–H and O–H groups in total. The molecule has 0 saturated heterocycles. The van der Waals surface area contributed by atoms with Crippen LogP contribution in [0.4, 0.5) is 0 Å². The fourth-order valence-electron chi connectivity index (χ4n) is 1.21. The zero-order valence-corrected chi connectivity index (χ0v) is 8.30. The lowest BCUT2D eigenvalue weighted by atomic mass is 9.96. The Kier molecular flexibility index (Phi) is 4.87. The third-order valence-electron chi connectivity index (χ3n) is 2.01. The van der Waals surface area contributed by atoms with Gasteiger partial charge in [-0.2, -0.15) is 5.26 Å². The van der Waals surface area contributed by atoms with Crippen molar-refractivity contribution in [3.8, 4) is 6.07 Å². The average molecular weight is 169 g/mol. The molecule has 0 heterocycles. The summed E-state index contributed by atoms with van der Waals surface area (Å²) in [5.41, 5.74) is 5.23. The molecule has 0 aliphatic heterocycles. The summed E-state index contributed by atoms with van der Waals surface area (Å²) in [4.78, 5) is 2.07. The van der Waals surface area contributed by atoms with Crippen LogP contribution in [0.3, 0.4) is 0 Å². The van der Waals surface area contributed by atoms with Crippen LogP contribution in [0.1, 0.15) is 26.7 Å². The van der Waals surface area contributed by atoms with E-state index in [1.165, 1.54) is 0 Å². The van der Waals surface area contributed by atoms with Crippen LogP contribution in [-0.4, -0.2) is 30.6 Å². The van der Waals surface area contributed by atoms with Gasteiger partial charge in [0, 0.05) is 6.54 Å². The molecular formula is C9H19N3. The highest BCUT2D eigenvalue weighted by atomic mass is 15.1. The smallest absolute Gasteiger partial charge is 0.117 e. The van der Waals surface area contributed by atoms with Gasteiger partial charge in [-0.3, -0.25) is 0 Å². The quantitative estimate of drug-likeness (QED) is 0.667.